The number of hydrogen-bond acceptors (Lipinski definition) is 6. The Morgan fingerprint density at radius 2 is 2.00 bits per heavy atom. The average molecular weight is 370 g/mol. The van der Waals surface area contributed by atoms with Gasteiger partial charge in [-0.2, -0.15) is 0 Å². The van der Waals surface area contributed by atoms with E-state index >= 15 is 0 Å². The van der Waals surface area contributed by atoms with Gasteiger partial charge in [0.05, 0.1) is 6.61 Å². The highest BCUT2D eigenvalue weighted by atomic mass is 16.7. The highest BCUT2D eigenvalue weighted by molar-refractivity contribution is 6.10. The van der Waals surface area contributed by atoms with Crippen LogP contribution in [0.4, 0.5) is 5.82 Å². The molecule has 142 valence electrons. The molecule has 1 aromatic heterocycles. The number of carbonyl (C=O) groups is 1. The van der Waals surface area contributed by atoms with Gasteiger partial charge in [0.1, 0.15) is 17.0 Å². The third-order valence-electron chi connectivity index (χ3n) is 5.29. The number of aliphatic hydroxyl groups excluding tert-OH is 1. The number of anilines is 1. The Morgan fingerprint density at radius 3 is 2.74 bits per heavy atom. The van der Waals surface area contributed by atoms with Gasteiger partial charge in [0.15, 0.2) is 11.5 Å². The lowest BCUT2D eigenvalue weighted by Crippen LogP contribution is -2.44. The molecule has 0 saturated carbocycles. The minimum atomic E-state index is -1.42. The second kappa shape index (κ2) is 6.74. The Bertz CT molecular complexity index is 885. The normalized spacial score (nSPS) is 20.2. The van der Waals surface area contributed by atoms with E-state index in [1.54, 1.807) is 29.3 Å². The minimum Gasteiger partial charge on any atom is -0.507 e. The average Bonchev–Trinajstić information content (AvgIpc) is 3.22. The van der Waals surface area contributed by atoms with Crippen molar-refractivity contribution >= 4 is 11.7 Å². The predicted octanol–water partition coefficient (Wildman–Crippen LogP) is 2.33. The van der Waals surface area contributed by atoms with Crippen LogP contribution < -0.4 is 14.4 Å². The molecule has 3 heterocycles. The summed E-state index contributed by atoms with van der Waals surface area (Å²) in [5, 5.41) is 21.0. The molecule has 0 radical (unpaired) electrons. The standard InChI is InChI=1S/C20H22N2O5/c1-2-3-4-8-22-18-13(6-5-7-21-18)20(11-23,19(22)25)14-9-16-17(10-15(14)24)27-12-26-16/h5-7,9-10,23-24H,2-4,8,11-12H2,1H3. The van der Waals surface area contributed by atoms with Crippen LogP contribution in [0.3, 0.4) is 0 Å². The molecule has 1 atom stereocenters. The van der Waals surface area contributed by atoms with E-state index in [1.165, 1.54) is 6.07 Å². The van der Waals surface area contributed by atoms with Crippen molar-refractivity contribution < 1.29 is 24.5 Å². The fraction of sp³-hybridized carbons (Fsp3) is 0.400. The monoisotopic (exact) mass is 370 g/mol. The Morgan fingerprint density at radius 1 is 1.22 bits per heavy atom. The van der Waals surface area contributed by atoms with E-state index in [2.05, 4.69) is 11.9 Å². The highest BCUT2D eigenvalue weighted by Crippen LogP contribution is 2.50. The van der Waals surface area contributed by atoms with Crippen LogP contribution in [0.5, 0.6) is 17.2 Å². The lowest BCUT2D eigenvalue weighted by Gasteiger charge is -2.28. The molecule has 1 aromatic carbocycles. The Labute approximate surface area is 157 Å². The van der Waals surface area contributed by atoms with Crippen molar-refractivity contribution in [3.63, 3.8) is 0 Å². The smallest absolute Gasteiger partial charge is 0.245 e. The summed E-state index contributed by atoms with van der Waals surface area (Å²) in [6.07, 6.45) is 4.50. The van der Waals surface area contributed by atoms with E-state index in [1.807, 2.05) is 0 Å². The molecule has 0 spiro atoms. The van der Waals surface area contributed by atoms with E-state index < -0.39 is 12.0 Å². The zero-order valence-corrected chi connectivity index (χ0v) is 15.1. The number of amides is 1. The van der Waals surface area contributed by atoms with Crippen LogP contribution in [0.1, 0.15) is 37.3 Å². The fourth-order valence-corrected chi connectivity index (χ4v) is 3.89. The van der Waals surface area contributed by atoms with Crippen LogP contribution in [0.15, 0.2) is 30.5 Å². The number of phenols is 1. The zero-order chi connectivity index (χ0) is 19.0. The van der Waals surface area contributed by atoms with Crippen molar-refractivity contribution in [1.82, 2.24) is 4.98 Å². The molecule has 7 nitrogen and oxygen atoms in total. The van der Waals surface area contributed by atoms with E-state index in [0.717, 1.165) is 19.3 Å². The summed E-state index contributed by atoms with van der Waals surface area (Å²) >= 11 is 0. The van der Waals surface area contributed by atoms with Gasteiger partial charge in [0, 0.05) is 29.9 Å². The van der Waals surface area contributed by atoms with Gasteiger partial charge < -0.3 is 19.7 Å². The third-order valence-corrected chi connectivity index (χ3v) is 5.29. The summed E-state index contributed by atoms with van der Waals surface area (Å²) in [5.74, 6) is 0.986. The maximum absolute atomic E-state index is 13.5. The number of rotatable bonds is 6. The molecule has 1 unspecified atom stereocenters. The van der Waals surface area contributed by atoms with Crippen LogP contribution in [0.25, 0.3) is 0 Å². The number of phenolic OH excluding ortho intramolecular Hbond substituents is 1. The van der Waals surface area contributed by atoms with Crippen LogP contribution in [0.2, 0.25) is 0 Å². The molecule has 0 aliphatic carbocycles. The molecule has 7 heteroatoms. The molecule has 27 heavy (non-hydrogen) atoms. The van der Waals surface area contributed by atoms with Gasteiger partial charge in [-0.05, 0) is 18.6 Å². The second-order valence-corrected chi connectivity index (χ2v) is 6.82. The molecule has 1 amide bonds. The van der Waals surface area contributed by atoms with Crippen LogP contribution in [0, 0.1) is 0 Å². The molecule has 2 aliphatic heterocycles. The van der Waals surface area contributed by atoms with Crippen molar-refractivity contribution in [2.24, 2.45) is 0 Å². The Balaban J connectivity index is 1.86. The first-order valence-electron chi connectivity index (χ1n) is 9.15. The fourth-order valence-electron chi connectivity index (χ4n) is 3.89. The number of aromatic nitrogens is 1. The largest absolute Gasteiger partial charge is 0.507 e. The number of fused-ring (bicyclic) bond motifs is 2. The molecule has 2 aliphatic rings. The van der Waals surface area contributed by atoms with Gasteiger partial charge in [-0.3, -0.25) is 9.69 Å². The minimum absolute atomic E-state index is 0.0551. The number of nitrogens with zero attached hydrogens (tertiary/aromatic N) is 2. The van der Waals surface area contributed by atoms with Crippen molar-refractivity contribution in [2.45, 2.75) is 31.6 Å². The van der Waals surface area contributed by atoms with Crippen molar-refractivity contribution in [3.8, 4) is 17.2 Å². The van der Waals surface area contributed by atoms with Crippen molar-refractivity contribution in [2.75, 3.05) is 24.8 Å². The van der Waals surface area contributed by atoms with Crippen LogP contribution in [-0.2, 0) is 10.2 Å². The summed E-state index contributed by atoms with van der Waals surface area (Å²) < 4.78 is 10.7. The molecule has 0 saturated heterocycles. The van der Waals surface area contributed by atoms with Crippen molar-refractivity contribution in [3.05, 3.63) is 41.6 Å². The van der Waals surface area contributed by atoms with Crippen molar-refractivity contribution in [1.29, 1.82) is 0 Å². The first kappa shape index (κ1) is 17.6. The van der Waals surface area contributed by atoms with E-state index in [0.29, 0.717) is 35.0 Å². The summed E-state index contributed by atoms with van der Waals surface area (Å²) in [7, 11) is 0. The van der Waals surface area contributed by atoms with Gasteiger partial charge in [0.25, 0.3) is 0 Å². The number of carbonyl (C=O) groups excluding carboxylic acids is 1. The first-order valence-corrected chi connectivity index (χ1v) is 9.15. The topological polar surface area (TPSA) is 92.1 Å². The first-order chi connectivity index (χ1) is 13.1. The summed E-state index contributed by atoms with van der Waals surface area (Å²) in [4.78, 5) is 19.5. The second-order valence-electron chi connectivity index (χ2n) is 6.82. The van der Waals surface area contributed by atoms with E-state index in [-0.39, 0.29) is 18.4 Å². The molecule has 2 N–H and O–H groups in total. The number of aliphatic hydroxyl groups is 1. The lowest BCUT2D eigenvalue weighted by molar-refractivity contribution is -0.123. The molecular formula is C20H22N2O5. The SMILES string of the molecule is CCCCCN1C(=O)C(CO)(c2cc3c(cc2O)OCO3)c2cccnc21. The molecule has 2 aromatic rings. The maximum Gasteiger partial charge on any atom is 0.245 e. The van der Waals surface area contributed by atoms with E-state index in [9.17, 15) is 15.0 Å². The molecular weight excluding hydrogens is 348 g/mol. The van der Waals surface area contributed by atoms with Crippen LogP contribution in [-0.4, -0.2) is 41.0 Å². The van der Waals surface area contributed by atoms with Gasteiger partial charge in [-0.25, -0.2) is 4.98 Å². The summed E-state index contributed by atoms with van der Waals surface area (Å²) in [5.41, 5.74) is -0.532. The van der Waals surface area contributed by atoms with E-state index in [4.69, 9.17) is 9.47 Å². The predicted molar refractivity (Wildman–Crippen MR) is 98.2 cm³/mol. The number of pyridine rings is 1. The van der Waals surface area contributed by atoms with Crippen LogP contribution >= 0.6 is 0 Å². The molecule has 0 fully saturated rings. The van der Waals surface area contributed by atoms with Gasteiger partial charge in [-0.15, -0.1) is 0 Å². The quantitative estimate of drug-likeness (QED) is 0.759. The summed E-state index contributed by atoms with van der Waals surface area (Å²) in [6, 6.07) is 6.52. The third kappa shape index (κ3) is 2.53. The number of unbranched alkanes of at least 4 members (excludes halogenated alkanes) is 2. The van der Waals surface area contributed by atoms with Gasteiger partial charge >= 0.3 is 0 Å². The number of benzene rings is 1. The maximum atomic E-state index is 13.5. The van der Waals surface area contributed by atoms with Gasteiger partial charge in [0.2, 0.25) is 12.7 Å². The number of ether oxygens (including phenoxy) is 2. The molecule has 4 rings (SSSR count). The number of hydrogen-bond donors (Lipinski definition) is 2. The highest BCUT2D eigenvalue weighted by Gasteiger charge is 2.54. The Hall–Kier alpha value is -2.80. The zero-order valence-electron chi connectivity index (χ0n) is 15.1. The lowest BCUT2D eigenvalue weighted by atomic mass is 9.76. The van der Waals surface area contributed by atoms with Gasteiger partial charge in [-0.1, -0.05) is 25.8 Å². The summed E-state index contributed by atoms with van der Waals surface area (Å²) in [6.45, 7) is 2.19. The Kier molecular flexibility index (Phi) is 4.39. The number of aromatic hydroxyl groups is 1. The molecule has 0 bridgehead atoms.